The minimum Gasteiger partial charge on any atom is -0.369 e. The first-order chi connectivity index (χ1) is 13.7. The molecule has 1 fully saturated rings. The van der Waals surface area contributed by atoms with Crippen molar-refractivity contribution in [3.8, 4) is 6.07 Å². The van der Waals surface area contributed by atoms with Crippen molar-refractivity contribution in [2.45, 2.75) is 38.5 Å². The predicted molar refractivity (Wildman–Crippen MR) is 105 cm³/mol. The molecule has 0 bridgehead atoms. The molecule has 1 amide bonds. The summed E-state index contributed by atoms with van der Waals surface area (Å²) in [6.45, 7) is 6.69. The lowest BCUT2D eigenvalue weighted by Crippen LogP contribution is -2.49. The van der Waals surface area contributed by atoms with E-state index < -0.39 is 24.2 Å². The van der Waals surface area contributed by atoms with Crippen LogP contribution in [0.3, 0.4) is 0 Å². The van der Waals surface area contributed by atoms with Crippen LogP contribution in [0.1, 0.15) is 31.9 Å². The third-order valence-corrected chi connectivity index (χ3v) is 4.77. The van der Waals surface area contributed by atoms with E-state index >= 15 is 0 Å². The number of carbonyl (C=O) groups excluding carboxylic acids is 1. The molecule has 0 aliphatic carbocycles. The van der Waals surface area contributed by atoms with Gasteiger partial charge in [0, 0.05) is 31.9 Å². The van der Waals surface area contributed by atoms with Crippen LogP contribution in [0.2, 0.25) is 0 Å². The Morgan fingerprint density at radius 3 is 2.38 bits per heavy atom. The molecule has 0 aromatic heterocycles. The van der Waals surface area contributed by atoms with Crippen LogP contribution in [0, 0.1) is 17.2 Å². The number of hydrogen-bond donors (Lipinski definition) is 3. The molecule has 2 rings (SSSR count). The Labute approximate surface area is 169 Å². The van der Waals surface area contributed by atoms with Gasteiger partial charge < -0.3 is 15.5 Å². The second kappa shape index (κ2) is 10.5. The molecule has 1 aliphatic heterocycles. The highest BCUT2D eigenvalue weighted by Crippen LogP contribution is 2.34. The molecule has 1 heterocycles. The van der Waals surface area contributed by atoms with Gasteiger partial charge in [-0.1, -0.05) is 26.0 Å². The number of nitrogens with zero attached hydrogens (tertiary/aromatic N) is 2. The summed E-state index contributed by atoms with van der Waals surface area (Å²) < 4.78 is 41.4. The molecule has 3 N–H and O–H groups in total. The number of carbonyl (C=O) groups is 1. The first-order valence-corrected chi connectivity index (χ1v) is 9.75. The summed E-state index contributed by atoms with van der Waals surface area (Å²) in [7, 11) is 0. The Bertz CT molecular complexity index is 694. The largest absolute Gasteiger partial charge is 0.407 e. The van der Waals surface area contributed by atoms with E-state index in [2.05, 4.69) is 20.9 Å². The summed E-state index contributed by atoms with van der Waals surface area (Å²) >= 11 is 0. The van der Waals surface area contributed by atoms with E-state index in [-0.39, 0.29) is 24.4 Å². The number of anilines is 1. The number of piperazine rings is 1. The Balaban J connectivity index is 2.20. The van der Waals surface area contributed by atoms with Gasteiger partial charge in [-0.3, -0.25) is 10.1 Å². The maximum absolute atomic E-state index is 13.8. The van der Waals surface area contributed by atoms with E-state index in [1.54, 1.807) is 18.2 Å². The fourth-order valence-electron chi connectivity index (χ4n) is 3.35. The number of rotatable bonds is 8. The van der Waals surface area contributed by atoms with Crippen LogP contribution in [0.4, 0.5) is 18.9 Å². The Hall–Kier alpha value is -2.31. The molecule has 1 unspecified atom stereocenters. The smallest absolute Gasteiger partial charge is 0.369 e. The van der Waals surface area contributed by atoms with E-state index in [9.17, 15) is 18.0 Å². The van der Waals surface area contributed by atoms with Gasteiger partial charge in [0.05, 0.1) is 12.1 Å². The van der Waals surface area contributed by atoms with Crippen molar-refractivity contribution < 1.29 is 18.0 Å². The molecule has 29 heavy (non-hydrogen) atoms. The van der Waals surface area contributed by atoms with E-state index in [1.807, 2.05) is 13.8 Å². The number of halogens is 3. The van der Waals surface area contributed by atoms with Crippen LogP contribution in [0.15, 0.2) is 24.3 Å². The monoisotopic (exact) mass is 411 g/mol. The summed E-state index contributed by atoms with van der Waals surface area (Å²) in [6.07, 6.45) is -4.34. The van der Waals surface area contributed by atoms with Crippen LogP contribution >= 0.6 is 0 Å². The van der Waals surface area contributed by atoms with Gasteiger partial charge in [-0.15, -0.1) is 0 Å². The summed E-state index contributed by atoms with van der Waals surface area (Å²) in [5.74, 6) is -0.601. The van der Waals surface area contributed by atoms with Crippen molar-refractivity contribution >= 4 is 11.6 Å². The van der Waals surface area contributed by atoms with Crippen molar-refractivity contribution in [1.29, 1.82) is 5.26 Å². The van der Waals surface area contributed by atoms with Crippen molar-refractivity contribution in [2.75, 3.05) is 37.6 Å². The topological polar surface area (TPSA) is 80.2 Å². The van der Waals surface area contributed by atoms with Crippen LogP contribution in [-0.2, 0) is 4.79 Å². The van der Waals surface area contributed by atoms with Gasteiger partial charge in [0.1, 0.15) is 12.6 Å². The molecule has 1 aliphatic rings. The molecule has 2 atom stereocenters. The maximum Gasteiger partial charge on any atom is 0.407 e. The van der Waals surface area contributed by atoms with Crippen LogP contribution in [0.5, 0.6) is 0 Å². The zero-order valence-electron chi connectivity index (χ0n) is 16.7. The third kappa shape index (κ3) is 6.91. The summed E-state index contributed by atoms with van der Waals surface area (Å²) in [4.78, 5) is 14.4. The van der Waals surface area contributed by atoms with Gasteiger partial charge in [-0.2, -0.15) is 18.4 Å². The van der Waals surface area contributed by atoms with Gasteiger partial charge in [-0.05, 0) is 30.0 Å². The van der Waals surface area contributed by atoms with Crippen molar-refractivity contribution in [3.05, 3.63) is 29.8 Å². The van der Waals surface area contributed by atoms with Crippen LogP contribution in [0.25, 0.3) is 0 Å². The predicted octanol–water partition coefficient (Wildman–Crippen LogP) is 2.34. The number of nitriles is 1. The third-order valence-electron chi connectivity index (χ3n) is 4.77. The molecule has 1 aromatic carbocycles. The van der Waals surface area contributed by atoms with Crippen molar-refractivity contribution in [3.63, 3.8) is 0 Å². The fourth-order valence-corrected chi connectivity index (χ4v) is 3.35. The van der Waals surface area contributed by atoms with E-state index in [0.717, 1.165) is 31.9 Å². The lowest BCUT2D eigenvalue weighted by Gasteiger charge is -2.31. The van der Waals surface area contributed by atoms with Crippen molar-refractivity contribution in [2.24, 2.45) is 5.92 Å². The molecule has 1 aromatic rings. The van der Waals surface area contributed by atoms with Crippen LogP contribution < -0.4 is 20.9 Å². The molecule has 1 saturated heterocycles. The summed E-state index contributed by atoms with van der Waals surface area (Å²) in [5, 5.41) is 16.7. The quantitative estimate of drug-likeness (QED) is 0.573. The minimum absolute atomic E-state index is 0.00399. The molecule has 0 spiro atoms. The highest BCUT2D eigenvalue weighted by molar-refractivity contribution is 5.82. The summed E-state index contributed by atoms with van der Waals surface area (Å²) in [5.41, 5.74) is 0.930. The molecule has 0 saturated carbocycles. The Morgan fingerprint density at radius 1 is 1.24 bits per heavy atom. The van der Waals surface area contributed by atoms with E-state index in [0.29, 0.717) is 0 Å². The molecule has 160 valence electrons. The van der Waals surface area contributed by atoms with Crippen molar-refractivity contribution in [1.82, 2.24) is 16.0 Å². The molecular formula is C20H28F3N5O. The SMILES string of the molecule is CC(C)C[C@H](NC(c1ccc(N2CCNCC2)cc1)C(F)(F)F)C(=O)NCC#N. The number of amides is 1. The van der Waals surface area contributed by atoms with Gasteiger partial charge in [-0.25, -0.2) is 0 Å². The first-order valence-electron chi connectivity index (χ1n) is 9.75. The number of alkyl halides is 3. The second-order valence-corrected chi connectivity index (χ2v) is 7.53. The molecule has 0 radical (unpaired) electrons. The molecule has 9 heteroatoms. The Kier molecular flexibility index (Phi) is 8.29. The van der Waals surface area contributed by atoms with Crippen LogP contribution in [-0.4, -0.2) is 50.8 Å². The molecular weight excluding hydrogens is 383 g/mol. The highest BCUT2D eigenvalue weighted by Gasteiger charge is 2.42. The van der Waals surface area contributed by atoms with E-state index in [1.165, 1.54) is 12.1 Å². The number of hydrogen-bond acceptors (Lipinski definition) is 5. The highest BCUT2D eigenvalue weighted by atomic mass is 19.4. The fraction of sp³-hybridized carbons (Fsp3) is 0.600. The average Bonchev–Trinajstić information content (AvgIpc) is 2.69. The second-order valence-electron chi connectivity index (χ2n) is 7.53. The number of nitrogens with one attached hydrogen (secondary N) is 3. The minimum atomic E-state index is -4.57. The number of benzene rings is 1. The normalized spacial score (nSPS) is 16.9. The zero-order chi connectivity index (χ0) is 21.4. The van der Waals surface area contributed by atoms with Gasteiger partial charge in [0.2, 0.25) is 5.91 Å². The van der Waals surface area contributed by atoms with E-state index in [4.69, 9.17) is 5.26 Å². The first kappa shape index (κ1) is 23.0. The molecule has 6 nitrogen and oxygen atoms in total. The lowest BCUT2D eigenvalue weighted by molar-refractivity contribution is -0.161. The Morgan fingerprint density at radius 2 is 1.86 bits per heavy atom. The summed E-state index contributed by atoms with van der Waals surface area (Å²) in [6, 6.07) is 5.04. The van der Waals surface area contributed by atoms with Gasteiger partial charge >= 0.3 is 6.18 Å². The standard InChI is InChI=1S/C20H28F3N5O/c1-14(2)13-17(19(29)26-8-7-24)27-18(20(21,22)23)15-3-5-16(6-4-15)28-11-9-25-10-12-28/h3-6,14,17-18,25,27H,8-13H2,1-2H3,(H,26,29)/t17-,18?/m0/s1. The maximum atomic E-state index is 13.8. The lowest BCUT2D eigenvalue weighted by atomic mass is 9.99. The van der Waals surface area contributed by atoms with Gasteiger partial charge in [0.25, 0.3) is 0 Å². The average molecular weight is 411 g/mol. The van der Waals surface area contributed by atoms with Gasteiger partial charge in [0.15, 0.2) is 0 Å². The zero-order valence-corrected chi connectivity index (χ0v) is 16.7.